The van der Waals surface area contributed by atoms with E-state index in [1.807, 2.05) is 19.0 Å². The van der Waals surface area contributed by atoms with Gasteiger partial charge < -0.3 is 29.0 Å². The molecule has 3 heterocycles. The van der Waals surface area contributed by atoms with E-state index in [0.29, 0.717) is 35.9 Å². The number of imidazole rings is 1. The maximum absolute atomic E-state index is 13.6. The summed E-state index contributed by atoms with van der Waals surface area (Å²) in [5, 5.41) is 0. The van der Waals surface area contributed by atoms with Crippen LogP contribution in [0.2, 0.25) is 0 Å². The van der Waals surface area contributed by atoms with Gasteiger partial charge in [-0.25, -0.2) is 14.4 Å². The van der Waals surface area contributed by atoms with E-state index < -0.39 is 6.29 Å². The third-order valence-electron chi connectivity index (χ3n) is 5.65. The Bertz CT molecular complexity index is 1160. The average Bonchev–Trinajstić information content (AvgIpc) is 3.28. The minimum absolute atomic E-state index is 0.0281. The van der Waals surface area contributed by atoms with Crippen LogP contribution in [0.25, 0.3) is 22.6 Å². The molecular weight excluding hydrogens is 467 g/mol. The number of aromatic nitrogens is 4. The average molecular weight is 499 g/mol. The number of hydrogen-bond acceptors (Lipinski definition) is 8. The molecule has 0 unspecified atom stereocenters. The number of carbonyl (C=O) groups excluding carboxylic acids is 1. The molecule has 1 amide bonds. The first kappa shape index (κ1) is 25.7. The van der Waals surface area contributed by atoms with Gasteiger partial charge in [-0.15, -0.1) is 0 Å². The molecule has 0 radical (unpaired) electrons. The zero-order valence-electron chi connectivity index (χ0n) is 20.9. The van der Waals surface area contributed by atoms with Crippen molar-refractivity contribution in [3.8, 4) is 28.7 Å². The summed E-state index contributed by atoms with van der Waals surface area (Å²) in [6, 6.07) is 8.12. The molecule has 0 atom stereocenters. The number of benzene rings is 1. The summed E-state index contributed by atoms with van der Waals surface area (Å²) in [6.07, 6.45) is 1.41. The van der Waals surface area contributed by atoms with Gasteiger partial charge in [0.1, 0.15) is 18.2 Å². The predicted octanol–water partition coefficient (Wildman–Crippen LogP) is 2.23. The fourth-order valence-electron chi connectivity index (χ4n) is 3.72. The molecule has 1 aliphatic heterocycles. The fourth-order valence-corrected chi connectivity index (χ4v) is 3.72. The molecule has 1 N–H and O–H groups in total. The second-order valence-electron chi connectivity index (χ2n) is 9.02. The summed E-state index contributed by atoms with van der Waals surface area (Å²) in [7, 11) is 7.34. The Kier molecular flexibility index (Phi) is 8.24. The van der Waals surface area contributed by atoms with Crippen molar-refractivity contribution in [2.24, 2.45) is 5.92 Å². The van der Waals surface area contributed by atoms with Crippen LogP contribution in [0.5, 0.6) is 6.01 Å². The van der Waals surface area contributed by atoms with Gasteiger partial charge in [-0.2, -0.15) is 4.98 Å². The SMILES string of the molecule is CN(C)CCOc1nccc(-c2[nH]c(CC3OCC(C(=O)N(C)C)CO3)nc2-c2ccc(F)cc2)n1. The minimum atomic E-state index is -0.549. The maximum atomic E-state index is 13.6. The van der Waals surface area contributed by atoms with Gasteiger partial charge >= 0.3 is 6.01 Å². The molecule has 0 spiro atoms. The smallest absolute Gasteiger partial charge is 0.316 e. The van der Waals surface area contributed by atoms with E-state index in [-0.39, 0.29) is 36.9 Å². The van der Waals surface area contributed by atoms with Crippen molar-refractivity contribution in [2.45, 2.75) is 12.7 Å². The highest BCUT2D eigenvalue weighted by Gasteiger charge is 2.29. The van der Waals surface area contributed by atoms with E-state index in [4.69, 9.17) is 19.2 Å². The molecule has 0 bridgehead atoms. The fraction of sp³-hybridized carbons (Fsp3) is 0.440. The first-order chi connectivity index (χ1) is 17.3. The molecule has 11 heteroatoms. The van der Waals surface area contributed by atoms with Crippen LogP contribution in [0, 0.1) is 11.7 Å². The van der Waals surface area contributed by atoms with E-state index in [0.717, 1.165) is 12.1 Å². The van der Waals surface area contributed by atoms with Gasteiger partial charge in [0, 0.05) is 32.4 Å². The van der Waals surface area contributed by atoms with Crippen LogP contribution in [-0.4, -0.2) is 96.5 Å². The Morgan fingerprint density at radius 3 is 2.50 bits per heavy atom. The van der Waals surface area contributed by atoms with Gasteiger partial charge in [0.15, 0.2) is 6.29 Å². The number of H-pyrrole nitrogens is 1. The standard InChI is InChI=1S/C25H31FN6O4/c1-31(2)11-12-34-25-27-10-9-19(28-25)23-22(16-5-7-18(26)8-6-16)29-20(30-23)13-21-35-14-17(15-36-21)24(33)32(3)4/h5-10,17,21H,11-15H2,1-4H3,(H,29,30). The predicted molar refractivity (Wildman–Crippen MR) is 131 cm³/mol. The number of halogens is 1. The lowest BCUT2D eigenvalue weighted by atomic mass is 10.1. The molecular formula is C25H31FN6O4. The number of likely N-dealkylation sites (N-methyl/N-ethyl adjacent to an activating group) is 1. The highest BCUT2D eigenvalue weighted by molar-refractivity contribution is 5.78. The van der Waals surface area contributed by atoms with E-state index >= 15 is 0 Å². The molecule has 4 rings (SSSR count). The molecule has 1 fully saturated rings. The molecule has 3 aromatic rings. The Labute approximate surface area is 209 Å². The largest absolute Gasteiger partial charge is 0.462 e. The first-order valence-corrected chi connectivity index (χ1v) is 11.7. The molecule has 1 aliphatic rings. The van der Waals surface area contributed by atoms with Crippen LogP contribution in [0.15, 0.2) is 36.5 Å². The second-order valence-corrected chi connectivity index (χ2v) is 9.02. The number of amides is 1. The second kappa shape index (κ2) is 11.5. The van der Waals surface area contributed by atoms with E-state index in [1.165, 1.54) is 17.0 Å². The molecule has 1 aromatic carbocycles. The Balaban J connectivity index is 1.55. The summed E-state index contributed by atoms with van der Waals surface area (Å²) in [5.41, 5.74) is 2.57. The number of carbonyl (C=O) groups is 1. The summed E-state index contributed by atoms with van der Waals surface area (Å²) >= 11 is 0. The van der Waals surface area contributed by atoms with Crippen molar-refractivity contribution in [1.29, 1.82) is 0 Å². The third kappa shape index (κ3) is 6.42. The van der Waals surface area contributed by atoms with Crippen molar-refractivity contribution in [3.63, 3.8) is 0 Å². The molecule has 0 saturated carbocycles. The Morgan fingerprint density at radius 2 is 1.83 bits per heavy atom. The Hall–Kier alpha value is -3.41. The van der Waals surface area contributed by atoms with Gasteiger partial charge in [0.25, 0.3) is 0 Å². The van der Waals surface area contributed by atoms with Crippen LogP contribution in [-0.2, 0) is 20.7 Å². The van der Waals surface area contributed by atoms with Gasteiger partial charge in [-0.05, 0) is 44.4 Å². The van der Waals surface area contributed by atoms with Gasteiger partial charge in [-0.3, -0.25) is 4.79 Å². The van der Waals surface area contributed by atoms with Crippen molar-refractivity contribution < 1.29 is 23.4 Å². The van der Waals surface area contributed by atoms with Gasteiger partial charge in [0.2, 0.25) is 5.91 Å². The number of hydrogen-bond donors (Lipinski definition) is 1. The number of ether oxygens (including phenoxy) is 3. The van der Waals surface area contributed by atoms with Gasteiger partial charge in [-0.1, -0.05) is 0 Å². The topological polar surface area (TPSA) is 106 Å². The zero-order chi connectivity index (χ0) is 25.7. The summed E-state index contributed by atoms with van der Waals surface area (Å²) in [4.78, 5) is 32.5. The summed E-state index contributed by atoms with van der Waals surface area (Å²) < 4.78 is 30.9. The third-order valence-corrected chi connectivity index (χ3v) is 5.65. The molecule has 192 valence electrons. The maximum Gasteiger partial charge on any atom is 0.316 e. The lowest BCUT2D eigenvalue weighted by molar-refractivity contribution is -0.203. The van der Waals surface area contributed by atoms with Crippen molar-refractivity contribution in [2.75, 3.05) is 54.6 Å². The molecule has 36 heavy (non-hydrogen) atoms. The summed E-state index contributed by atoms with van der Waals surface area (Å²) in [5.74, 6) is -0.0780. The molecule has 2 aromatic heterocycles. The van der Waals surface area contributed by atoms with Crippen molar-refractivity contribution >= 4 is 5.91 Å². The number of rotatable bonds is 9. The van der Waals surface area contributed by atoms with Crippen molar-refractivity contribution in [1.82, 2.24) is 29.7 Å². The van der Waals surface area contributed by atoms with Crippen LogP contribution < -0.4 is 4.74 Å². The molecule has 1 saturated heterocycles. The monoisotopic (exact) mass is 498 g/mol. The first-order valence-electron chi connectivity index (χ1n) is 11.7. The number of nitrogens with zero attached hydrogens (tertiary/aromatic N) is 5. The van der Waals surface area contributed by atoms with E-state index in [9.17, 15) is 9.18 Å². The quantitative estimate of drug-likeness (QED) is 0.479. The highest BCUT2D eigenvalue weighted by atomic mass is 19.1. The van der Waals surface area contributed by atoms with Crippen molar-refractivity contribution in [3.05, 3.63) is 48.2 Å². The zero-order valence-corrected chi connectivity index (χ0v) is 20.9. The van der Waals surface area contributed by atoms with E-state index in [1.54, 1.807) is 38.5 Å². The molecule has 0 aliphatic carbocycles. The minimum Gasteiger partial charge on any atom is -0.462 e. The van der Waals surface area contributed by atoms with Crippen LogP contribution >= 0.6 is 0 Å². The lowest BCUT2D eigenvalue weighted by Crippen LogP contribution is -2.42. The Morgan fingerprint density at radius 1 is 1.11 bits per heavy atom. The highest BCUT2D eigenvalue weighted by Crippen LogP contribution is 2.30. The van der Waals surface area contributed by atoms with Crippen LogP contribution in [0.1, 0.15) is 5.82 Å². The van der Waals surface area contributed by atoms with E-state index in [2.05, 4.69) is 15.0 Å². The van der Waals surface area contributed by atoms with Crippen LogP contribution in [0.3, 0.4) is 0 Å². The molecule has 10 nitrogen and oxygen atoms in total. The normalized spacial score (nSPS) is 17.8. The lowest BCUT2D eigenvalue weighted by Gasteiger charge is -2.29. The number of aromatic amines is 1. The van der Waals surface area contributed by atoms with Gasteiger partial charge in [0.05, 0.1) is 42.6 Å². The summed E-state index contributed by atoms with van der Waals surface area (Å²) in [6.45, 7) is 1.73. The number of nitrogens with one attached hydrogen (secondary N) is 1. The van der Waals surface area contributed by atoms with Crippen LogP contribution in [0.4, 0.5) is 4.39 Å².